The summed E-state index contributed by atoms with van der Waals surface area (Å²) >= 11 is 0. The van der Waals surface area contributed by atoms with Gasteiger partial charge in [-0.05, 0) is 55.3 Å². The van der Waals surface area contributed by atoms with E-state index in [2.05, 4.69) is 5.32 Å². The first-order valence-electron chi connectivity index (χ1n) is 9.53. The Hall–Kier alpha value is -3.09. The normalized spacial score (nSPS) is 11.4. The Labute approximate surface area is 170 Å². The van der Waals surface area contributed by atoms with Gasteiger partial charge in [0.2, 0.25) is 5.91 Å². The molecular formula is C22H27FN2O4. The van der Waals surface area contributed by atoms with E-state index >= 15 is 0 Å². The number of halogens is 1. The average molecular weight is 402 g/mol. The molecule has 1 N–H and O–H groups in total. The maximum absolute atomic E-state index is 13.2. The van der Waals surface area contributed by atoms with Gasteiger partial charge in [0, 0.05) is 13.1 Å². The van der Waals surface area contributed by atoms with Crippen LogP contribution >= 0.6 is 0 Å². The molecule has 0 fully saturated rings. The van der Waals surface area contributed by atoms with Crippen LogP contribution in [0.25, 0.3) is 0 Å². The third kappa shape index (κ3) is 6.78. The monoisotopic (exact) mass is 402 g/mol. The number of carbonyl (C=O) groups is 2. The van der Waals surface area contributed by atoms with E-state index in [0.29, 0.717) is 18.0 Å². The second-order valence-corrected chi connectivity index (χ2v) is 6.58. The molecule has 0 bridgehead atoms. The highest BCUT2D eigenvalue weighted by molar-refractivity contribution is 5.87. The van der Waals surface area contributed by atoms with Crippen molar-refractivity contribution in [2.75, 3.05) is 20.3 Å². The maximum atomic E-state index is 13.2. The SMILES string of the molecule is CCCNC(=O)[C@H](C)N(Cc1ccc(F)cc1)C(=O)COc1ccc(OC)cc1. The summed E-state index contributed by atoms with van der Waals surface area (Å²) in [5, 5.41) is 2.80. The van der Waals surface area contributed by atoms with Crippen molar-refractivity contribution in [2.24, 2.45) is 0 Å². The zero-order valence-electron chi connectivity index (χ0n) is 17.0. The summed E-state index contributed by atoms with van der Waals surface area (Å²) in [6, 6.07) is 12.0. The Morgan fingerprint density at radius 3 is 2.28 bits per heavy atom. The minimum absolute atomic E-state index is 0.172. The van der Waals surface area contributed by atoms with Crippen LogP contribution in [-0.4, -0.2) is 43.0 Å². The zero-order chi connectivity index (χ0) is 21.2. The van der Waals surface area contributed by atoms with Crippen molar-refractivity contribution in [3.8, 4) is 11.5 Å². The number of nitrogens with one attached hydrogen (secondary N) is 1. The number of rotatable bonds is 10. The molecule has 0 unspecified atom stereocenters. The van der Waals surface area contributed by atoms with E-state index in [0.717, 1.165) is 12.0 Å². The lowest BCUT2D eigenvalue weighted by Crippen LogP contribution is -2.49. The highest BCUT2D eigenvalue weighted by atomic mass is 19.1. The number of carbonyl (C=O) groups excluding carboxylic acids is 2. The highest BCUT2D eigenvalue weighted by Gasteiger charge is 2.26. The van der Waals surface area contributed by atoms with Crippen molar-refractivity contribution >= 4 is 11.8 Å². The quantitative estimate of drug-likeness (QED) is 0.663. The maximum Gasteiger partial charge on any atom is 0.261 e. The first kappa shape index (κ1) is 22.2. The predicted octanol–water partition coefficient (Wildman–Crippen LogP) is 3.16. The first-order chi connectivity index (χ1) is 13.9. The minimum atomic E-state index is -0.696. The van der Waals surface area contributed by atoms with Crippen LogP contribution in [0.5, 0.6) is 11.5 Å². The summed E-state index contributed by atoms with van der Waals surface area (Å²) in [6.45, 7) is 4.10. The molecule has 0 spiro atoms. The second-order valence-electron chi connectivity index (χ2n) is 6.58. The predicted molar refractivity (Wildman–Crippen MR) is 108 cm³/mol. The van der Waals surface area contributed by atoms with Crippen molar-refractivity contribution in [3.63, 3.8) is 0 Å². The van der Waals surface area contributed by atoms with Gasteiger partial charge in [-0.3, -0.25) is 9.59 Å². The smallest absolute Gasteiger partial charge is 0.261 e. The molecule has 0 aromatic heterocycles. The third-order valence-electron chi connectivity index (χ3n) is 4.40. The van der Waals surface area contributed by atoms with Gasteiger partial charge in [0.05, 0.1) is 7.11 Å². The minimum Gasteiger partial charge on any atom is -0.497 e. The fraction of sp³-hybridized carbons (Fsp3) is 0.364. The van der Waals surface area contributed by atoms with Gasteiger partial charge in [-0.2, -0.15) is 0 Å². The van der Waals surface area contributed by atoms with E-state index in [9.17, 15) is 14.0 Å². The molecule has 7 heteroatoms. The molecule has 0 heterocycles. The molecular weight excluding hydrogens is 375 g/mol. The molecule has 29 heavy (non-hydrogen) atoms. The lowest BCUT2D eigenvalue weighted by Gasteiger charge is -2.28. The number of benzene rings is 2. The van der Waals surface area contributed by atoms with Crippen LogP contribution in [0.2, 0.25) is 0 Å². The van der Waals surface area contributed by atoms with E-state index < -0.39 is 6.04 Å². The fourth-order valence-corrected chi connectivity index (χ4v) is 2.66. The Morgan fingerprint density at radius 2 is 1.69 bits per heavy atom. The topological polar surface area (TPSA) is 67.9 Å². The van der Waals surface area contributed by atoms with E-state index in [1.54, 1.807) is 50.4 Å². The summed E-state index contributed by atoms with van der Waals surface area (Å²) in [6.07, 6.45) is 0.797. The van der Waals surface area contributed by atoms with Gasteiger partial charge in [0.1, 0.15) is 23.4 Å². The van der Waals surface area contributed by atoms with E-state index in [4.69, 9.17) is 9.47 Å². The Balaban J connectivity index is 2.09. The van der Waals surface area contributed by atoms with Gasteiger partial charge in [-0.25, -0.2) is 4.39 Å². The standard InChI is InChI=1S/C22H27FN2O4/c1-4-13-24-22(27)16(2)25(14-17-5-7-18(23)8-6-17)21(26)15-29-20-11-9-19(28-3)10-12-20/h5-12,16H,4,13-15H2,1-3H3,(H,24,27)/t16-/m0/s1. The van der Waals surface area contributed by atoms with Crippen LogP contribution in [0, 0.1) is 5.82 Å². The molecule has 0 aliphatic heterocycles. The largest absolute Gasteiger partial charge is 0.497 e. The van der Waals surface area contributed by atoms with Gasteiger partial charge in [-0.1, -0.05) is 19.1 Å². The summed E-state index contributed by atoms with van der Waals surface area (Å²) in [5.74, 6) is 0.256. The van der Waals surface area contributed by atoms with Gasteiger partial charge < -0.3 is 19.7 Å². The molecule has 0 aliphatic rings. The van der Waals surface area contributed by atoms with E-state index in [1.165, 1.54) is 17.0 Å². The van der Waals surface area contributed by atoms with Crippen LogP contribution in [0.3, 0.4) is 0 Å². The molecule has 156 valence electrons. The van der Waals surface area contributed by atoms with Gasteiger partial charge in [-0.15, -0.1) is 0 Å². The van der Waals surface area contributed by atoms with Crippen molar-refractivity contribution in [1.29, 1.82) is 0 Å². The first-order valence-corrected chi connectivity index (χ1v) is 9.53. The Morgan fingerprint density at radius 1 is 1.07 bits per heavy atom. The Bertz CT molecular complexity index is 793. The molecule has 2 aromatic rings. The van der Waals surface area contributed by atoms with Gasteiger partial charge in [0.25, 0.3) is 5.91 Å². The molecule has 1 atom stereocenters. The van der Waals surface area contributed by atoms with Crippen molar-refractivity contribution in [3.05, 3.63) is 59.9 Å². The molecule has 2 rings (SSSR count). The second kappa shape index (κ2) is 11.0. The van der Waals surface area contributed by atoms with E-state index in [1.807, 2.05) is 6.92 Å². The summed E-state index contributed by atoms with van der Waals surface area (Å²) < 4.78 is 23.9. The number of amides is 2. The number of methoxy groups -OCH3 is 1. The summed E-state index contributed by atoms with van der Waals surface area (Å²) in [5.41, 5.74) is 0.722. The number of nitrogens with zero attached hydrogens (tertiary/aromatic N) is 1. The molecule has 0 radical (unpaired) electrons. The van der Waals surface area contributed by atoms with Crippen LogP contribution in [0.15, 0.2) is 48.5 Å². The van der Waals surface area contributed by atoms with Crippen LogP contribution in [0.1, 0.15) is 25.8 Å². The number of hydrogen-bond donors (Lipinski definition) is 1. The average Bonchev–Trinajstić information content (AvgIpc) is 2.75. The van der Waals surface area contributed by atoms with Crippen molar-refractivity contribution in [2.45, 2.75) is 32.9 Å². The van der Waals surface area contributed by atoms with Crippen LogP contribution < -0.4 is 14.8 Å². The Kier molecular flexibility index (Phi) is 8.45. The van der Waals surface area contributed by atoms with Crippen LogP contribution in [-0.2, 0) is 16.1 Å². The van der Waals surface area contributed by atoms with Crippen LogP contribution in [0.4, 0.5) is 4.39 Å². The zero-order valence-corrected chi connectivity index (χ0v) is 17.0. The van der Waals surface area contributed by atoms with Gasteiger partial charge in [0.15, 0.2) is 6.61 Å². The summed E-state index contributed by atoms with van der Waals surface area (Å²) in [4.78, 5) is 26.7. The molecule has 0 saturated carbocycles. The molecule has 0 aliphatic carbocycles. The molecule has 2 amide bonds. The van der Waals surface area contributed by atoms with E-state index in [-0.39, 0.29) is 30.8 Å². The molecule has 2 aromatic carbocycles. The van der Waals surface area contributed by atoms with Crippen molar-refractivity contribution in [1.82, 2.24) is 10.2 Å². The lowest BCUT2D eigenvalue weighted by atomic mass is 10.1. The molecule has 6 nitrogen and oxygen atoms in total. The highest BCUT2D eigenvalue weighted by Crippen LogP contribution is 2.17. The molecule has 0 saturated heterocycles. The van der Waals surface area contributed by atoms with Gasteiger partial charge >= 0.3 is 0 Å². The summed E-state index contributed by atoms with van der Waals surface area (Å²) in [7, 11) is 1.57. The lowest BCUT2D eigenvalue weighted by molar-refractivity contribution is -0.142. The fourth-order valence-electron chi connectivity index (χ4n) is 2.66. The van der Waals surface area contributed by atoms with Crippen molar-refractivity contribution < 1.29 is 23.5 Å². The third-order valence-corrected chi connectivity index (χ3v) is 4.40. The number of ether oxygens (including phenoxy) is 2. The number of hydrogen-bond acceptors (Lipinski definition) is 4.